The van der Waals surface area contributed by atoms with E-state index in [1.807, 2.05) is 0 Å². The number of fused-ring (bicyclic) bond motifs is 3. The number of methoxy groups -OCH3 is 1. The van der Waals surface area contributed by atoms with Gasteiger partial charge in [0, 0.05) is 63.1 Å². The summed E-state index contributed by atoms with van der Waals surface area (Å²) >= 11 is 0. The number of hydrogen-bond donors (Lipinski definition) is 3. The molecule has 7 aromatic rings. The molecular weight excluding hydrogens is 466 g/mol. The summed E-state index contributed by atoms with van der Waals surface area (Å²) in [6.07, 6.45) is 7.52. The molecule has 0 radical (unpaired) electrons. The summed E-state index contributed by atoms with van der Waals surface area (Å²) in [5.74, 6) is 1.21. The number of benzene rings is 4. The SMILES string of the molecule is COc1ccc(C(CC(c2c[nH]c3ccccc23)c2c[nH]c3ccccc23)c2c[nH]c3ccccc23)cc1. The zero-order valence-corrected chi connectivity index (χ0v) is 21.2. The van der Waals surface area contributed by atoms with Crippen molar-refractivity contribution in [3.05, 3.63) is 138 Å². The molecule has 3 N–H and O–H groups in total. The first-order valence-electron chi connectivity index (χ1n) is 13.1. The molecule has 4 nitrogen and oxygen atoms in total. The molecule has 7 rings (SSSR count). The van der Waals surface area contributed by atoms with E-state index in [-0.39, 0.29) is 11.8 Å². The van der Waals surface area contributed by atoms with E-state index < -0.39 is 0 Å². The van der Waals surface area contributed by atoms with Crippen LogP contribution < -0.4 is 4.74 Å². The standard InChI is InChI=1S/C34H29N3O/c1-38-23-16-14-22(15-17-23)27(29-19-35-32-11-5-2-8-24(29)32)18-28(30-20-36-33-12-6-3-9-25(30)33)31-21-37-34-13-7-4-10-26(31)34/h2-17,19-21,27-28,35-37H,18H2,1H3. The van der Waals surface area contributed by atoms with Crippen LogP contribution in [0.4, 0.5) is 0 Å². The molecule has 1 unspecified atom stereocenters. The van der Waals surface area contributed by atoms with Crippen molar-refractivity contribution in [2.75, 3.05) is 7.11 Å². The molecule has 3 heterocycles. The highest BCUT2D eigenvalue weighted by Crippen LogP contribution is 2.44. The Hall–Kier alpha value is -4.70. The summed E-state index contributed by atoms with van der Waals surface area (Å²) in [5, 5.41) is 3.82. The van der Waals surface area contributed by atoms with Crippen molar-refractivity contribution in [3.8, 4) is 5.75 Å². The van der Waals surface area contributed by atoms with Crippen LogP contribution in [0.2, 0.25) is 0 Å². The van der Waals surface area contributed by atoms with E-state index in [0.29, 0.717) is 0 Å². The maximum absolute atomic E-state index is 5.49. The number of rotatable bonds is 7. The van der Waals surface area contributed by atoms with Crippen molar-refractivity contribution in [3.63, 3.8) is 0 Å². The Balaban J connectivity index is 1.43. The van der Waals surface area contributed by atoms with Crippen LogP contribution in [0.3, 0.4) is 0 Å². The Morgan fingerprint density at radius 2 is 0.947 bits per heavy atom. The fourth-order valence-corrected chi connectivity index (χ4v) is 6.08. The van der Waals surface area contributed by atoms with E-state index in [1.54, 1.807) is 7.11 Å². The lowest BCUT2D eigenvalue weighted by Crippen LogP contribution is -2.09. The van der Waals surface area contributed by atoms with Crippen molar-refractivity contribution in [2.45, 2.75) is 18.3 Å². The molecular formula is C34H29N3O. The zero-order valence-electron chi connectivity index (χ0n) is 21.2. The Morgan fingerprint density at radius 3 is 1.39 bits per heavy atom. The van der Waals surface area contributed by atoms with Crippen LogP contribution >= 0.6 is 0 Å². The normalized spacial score (nSPS) is 12.6. The van der Waals surface area contributed by atoms with Gasteiger partial charge in [-0.3, -0.25) is 0 Å². The molecule has 0 aliphatic rings. The van der Waals surface area contributed by atoms with E-state index in [1.165, 1.54) is 49.4 Å². The number of nitrogens with one attached hydrogen (secondary N) is 3. The molecule has 4 aromatic carbocycles. The fraction of sp³-hybridized carbons (Fsp3) is 0.118. The van der Waals surface area contributed by atoms with E-state index in [9.17, 15) is 0 Å². The summed E-state index contributed by atoms with van der Waals surface area (Å²) in [7, 11) is 1.72. The van der Waals surface area contributed by atoms with Gasteiger partial charge in [-0.05, 0) is 59.0 Å². The number of H-pyrrole nitrogens is 3. The van der Waals surface area contributed by atoms with Gasteiger partial charge in [-0.1, -0.05) is 66.7 Å². The van der Waals surface area contributed by atoms with Gasteiger partial charge in [-0.15, -0.1) is 0 Å². The van der Waals surface area contributed by atoms with Gasteiger partial charge < -0.3 is 19.7 Å². The van der Waals surface area contributed by atoms with Crippen LogP contribution in [0.15, 0.2) is 116 Å². The third kappa shape index (κ3) is 3.77. The third-order valence-corrected chi connectivity index (χ3v) is 7.98. The molecule has 0 aliphatic heterocycles. The predicted octanol–water partition coefficient (Wildman–Crippen LogP) is 8.49. The molecule has 0 aliphatic carbocycles. The smallest absolute Gasteiger partial charge is 0.118 e. The van der Waals surface area contributed by atoms with E-state index >= 15 is 0 Å². The minimum Gasteiger partial charge on any atom is -0.497 e. The quantitative estimate of drug-likeness (QED) is 0.204. The predicted molar refractivity (Wildman–Crippen MR) is 156 cm³/mol. The molecule has 186 valence electrons. The number of para-hydroxylation sites is 3. The molecule has 38 heavy (non-hydrogen) atoms. The average Bonchev–Trinajstić information content (AvgIpc) is 3.71. The van der Waals surface area contributed by atoms with Gasteiger partial charge in [-0.25, -0.2) is 0 Å². The molecule has 4 heteroatoms. The first-order valence-corrected chi connectivity index (χ1v) is 13.1. The zero-order chi connectivity index (χ0) is 25.5. The first kappa shape index (κ1) is 22.5. The summed E-state index contributed by atoms with van der Waals surface area (Å²) in [6.45, 7) is 0. The van der Waals surface area contributed by atoms with E-state index in [4.69, 9.17) is 4.74 Å². The maximum Gasteiger partial charge on any atom is 0.118 e. The van der Waals surface area contributed by atoms with Crippen molar-refractivity contribution in [1.82, 2.24) is 15.0 Å². The van der Waals surface area contributed by atoms with Crippen molar-refractivity contribution >= 4 is 32.7 Å². The highest BCUT2D eigenvalue weighted by Gasteiger charge is 2.28. The van der Waals surface area contributed by atoms with E-state index in [0.717, 1.165) is 17.7 Å². The fourth-order valence-electron chi connectivity index (χ4n) is 6.08. The third-order valence-electron chi connectivity index (χ3n) is 7.98. The second kappa shape index (κ2) is 9.31. The molecule has 0 saturated carbocycles. The van der Waals surface area contributed by atoms with Crippen molar-refractivity contribution in [2.24, 2.45) is 0 Å². The molecule has 3 aromatic heterocycles. The van der Waals surface area contributed by atoms with Gasteiger partial charge >= 0.3 is 0 Å². The second-order valence-corrected chi connectivity index (χ2v) is 9.98. The Labute approximate surface area is 221 Å². The highest BCUT2D eigenvalue weighted by molar-refractivity contribution is 5.88. The van der Waals surface area contributed by atoms with Crippen LogP contribution in [0.5, 0.6) is 5.75 Å². The van der Waals surface area contributed by atoms with Gasteiger partial charge in [0.1, 0.15) is 5.75 Å². The number of hydrogen-bond acceptors (Lipinski definition) is 1. The van der Waals surface area contributed by atoms with E-state index in [2.05, 4.69) is 131 Å². The average molecular weight is 496 g/mol. The maximum atomic E-state index is 5.49. The van der Waals surface area contributed by atoms with Crippen molar-refractivity contribution < 1.29 is 4.74 Å². The minimum atomic E-state index is 0.170. The summed E-state index contributed by atoms with van der Waals surface area (Å²) in [4.78, 5) is 10.6. The van der Waals surface area contributed by atoms with Gasteiger partial charge in [0.2, 0.25) is 0 Å². The monoisotopic (exact) mass is 495 g/mol. The lowest BCUT2D eigenvalue weighted by molar-refractivity contribution is 0.414. The van der Waals surface area contributed by atoms with Crippen LogP contribution in [0.25, 0.3) is 32.7 Å². The summed E-state index contributed by atoms with van der Waals surface area (Å²) in [5.41, 5.74) is 8.74. The summed E-state index contributed by atoms with van der Waals surface area (Å²) in [6, 6.07) is 34.4. The second-order valence-electron chi connectivity index (χ2n) is 9.98. The number of aromatic nitrogens is 3. The Kier molecular flexibility index (Phi) is 5.51. The topological polar surface area (TPSA) is 56.6 Å². The largest absolute Gasteiger partial charge is 0.497 e. The van der Waals surface area contributed by atoms with Crippen LogP contribution in [-0.4, -0.2) is 22.1 Å². The first-order chi connectivity index (χ1) is 18.8. The molecule has 0 saturated heterocycles. The molecule has 0 bridgehead atoms. The van der Waals surface area contributed by atoms with Gasteiger partial charge in [0.05, 0.1) is 7.11 Å². The number of ether oxygens (including phenoxy) is 1. The number of aromatic amines is 3. The van der Waals surface area contributed by atoms with Crippen LogP contribution in [0.1, 0.15) is 40.5 Å². The lowest BCUT2D eigenvalue weighted by atomic mass is 9.78. The van der Waals surface area contributed by atoms with Crippen LogP contribution in [-0.2, 0) is 0 Å². The molecule has 0 fully saturated rings. The summed E-state index contributed by atoms with van der Waals surface area (Å²) < 4.78 is 5.49. The van der Waals surface area contributed by atoms with Gasteiger partial charge in [-0.2, -0.15) is 0 Å². The van der Waals surface area contributed by atoms with Gasteiger partial charge in [0.25, 0.3) is 0 Å². The molecule has 0 spiro atoms. The van der Waals surface area contributed by atoms with Gasteiger partial charge in [0.15, 0.2) is 0 Å². The minimum absolute atomic E-state index is 0.170. The lowest BCUT2D eigenvalue weighted by Gasteiger charge is -2.25. The van der Waals surface area contributed by atoms with Crippen molar-refractivity contribution in [1.29, 1.82) is 0 Å². The molecule has 0 amide bonds. The Bertz CT molecular complexity index is 1780. The highest BCUT2D eigenvalue weighted by atomic mass is 16.5. The molecule has 1 atom stereocenters. The Morgan fingerprint density at radius 1 is 0.526 bits per heavy atom. The van der Waals surface area contributed by atoms with Crippen LogP contribution in [0, 0.1) is 0 Å².